The molecule has 0 aromatic heterocycles. The van der Waals surface area contributed by atoms with Crippen molar-refractivity contribution in [1.29, 1.82) is 0 Å². The zero-order valence-corrected chi connectivity index (χ0v) is 20.6. The molecule has 4 rings (SSSR count). The van der Waals surface area contributed by atoms with E-state index in [4.69, 9.17) is 11.6 Å². The second-order valence-corrected chi connectivity index (χ2v) is 11.8. The number of para-hydroxylation sites is 1. The Morgan fingerprint density at radius 1 is 1.21 bits per heavy atom. The van der Waals surface area contributed by atoms with Crippen LogP contribution in [0.1, 0.15) is 16.7 Å². The Balaban J connectivity index is 1.60. The molecule has 1 fully saturated rings. The van der Waals surface area contributed by atoms with Crippen molar-refractivity contribution in [1.82, 2.24) is 0 Å². The highest BCUT2D eigenvalue weighted by Crippen LogP contribution is 2.41. The summed E-state index contributed by atoms with van der Waals surface area (Å²) in [5.74, 6) is -0.841. The van der Waals surface area contributed by atoms with Crippen molar-refractivity contribution in [2.24, 2.45) is 4.99 Å². The Bertz CT molecular complexity index is 1260. The molecule has 6 nitrogen and oxygen atoms in total. The topological polar surface area (TPSA) is 78.8 Å². The fourth-order valence-electron chi connectivity index (χ4n) is 4.11. The van der Waals surface area contributed by atoms with Gasteiger partial charge >= 0.3 is 6.18 Å². The molecule has 0 unspecified atom stereocenters. The lowest BCUT2D eigenvalue weighted by Gasteiger charge is -2.28. The summed E-state index contributed by atoms with van der Waals surface area (Å²) in [6, 6.07) is 7.19. The van der Waals surface area contributed by atoms with Gasteiger partial charge in [0, 0.05) is 5.69 Å². The predicted molar refractivity (Wildman–Crippen MR) is 130 cm³/mol. The first kappa shape index (κ1) is 24.9. The lowest BCUT2D eigenvalue weighted by atomic mass is 10.1. The molecule has 0 aliphatic carbocycles. The number of carbonyl (C=O) groups excluding carboxylic acids is 1. The maximum absolute atomic E-state index is 13.4. The van der Waals surface area contributed by atoms with Crippen LogP contribution in [0.4, 0.5) is 24.5 Å². The zero-order chi connectivity index (χ0) is 24.8. The van der Waals surface area contributed by atoms with Gasteiger partial charge in [-0.2, -0.15) is 13.2 Å². The molecule has 2 aliphatic rings. The summed E-state index contributed by atoms with van der Waals surface area (Å²) in [6.45, 7) is 3.74. The first-order chi connectivity index (χ1) is 15.9. The van der Waals surface area contributed by atoms with Crippen molar-refractivity contribution in [3.8, 4) is 0 Å². The van der Waals surface area contributed by atoms with Gasteiger partial charge in [-0.1, -0.05) is 41.6 Å². The van der Waals surface area contributed by atoms with Crippen LogP contribution in [0.25, 0.3) is 0 Å². The predicted octanol–water partition coefficient (Wildman–Crippen LogP) is 4.69. The van der Waals surface area contributed by atoms with Crippen molar-refractivity contribution >= 4 is 55.6 Å². The summed E-state index contributed by atoms with van der Waals surface area (Å²) >= 11 is 7.29. The average Bonchev–Trinajstić information content (AvgIpc) is 3.20. The van der Waals surface area contributed by atoms with Crippen LogP contribution in [0.5, 0.6) is 0 Å². The van der Waals surface area contributed by atoms with Crippen LogP contribution in [0.2, 0.25) is 5.02 Å². The standard InChI is InChI=1S/C22H21ClF3N3O3S2/c1-12-4-3-5-13(2)20(12)28-19(30)9-33-21-27-16-10-34(31,32)11-18(16)29(21)17-8-14(22(24,25)26)6-7-15(17)23/h3-8,16,18H,9-11H2,1-2H3,(H,28,30)/t16-,18-/m0/s1. The number of thioether (sulfide) groups is 1. The Morgan fingerprint density at radius 2 is 1.88 bits per heavy atom. The fraction of sp³-hybridized carbons (Fsp3) is 0.364. The molecule has 0 saturated carbocycles. The maximum atomic E-state index is 13.4. The molecular weight excluding hydrogens is 511 g/mol. The quantitative estimate of drug-likeness (QED) is 0.619. The highest BCUT2D eigenvalue weighted by atomic mass is 35.5. The molecular formula is C22H21ClF3N3O3S2. The summed E-state index contributed by atoms with van der Waals surface area (Å²) < 4.78 is 64.4. The Morgan fingerprint density at radius 3 is 2.53 bits per heavy atom. The van der Waals surface area contributed by atoms with Crippen LogP contribution >= 0.6 is 23.4 Å². The summed E-state index contributed by atoms with van der Waals surface area (Å²) in [5.41, 5.74) is 1.60. The molecule has 12 heteroatoms. The first-order valence-electron chi connectivity index (χ1n) is 10.3. The van der Waals surface area contributed by atoms with Crippen LogP contribution in [-0.2, 0) is 20.8 Å². The molecule has 0 bridgehead atoms. The highest BCUT2D eigenvalue weighted by molar-refractivity contribution is 8.14. The molecule has 0 radical (unpaired) electrons. The normalized spacial score (nSPS) is 21.4. The molecule has 1 saturated heterocycles. The number of hydrogen-bond acceptors (Lipinski definition) is 6. The third-order valence-electron chi connectivity index (χ3n) is 5.72. The van der Waals surface area contributed by atoms with Gasteiger partial charge in [-0.3, -0.25) is 9.79 Å². The number of hydrogen-bond donors (Lipinski definition) is 1. The summed E-state index contributed by atoms with van der Waals surface area (Å²) in [4.78, 5) is 18.5. The Hall–Kier alpha value is -2.24. The van der Waals surface area contributed by atoms with Gasteiger partial charge < -0.3 is 10.2 Å². The van der Waals surface area contributed by atoms with E-state index in [2.05, 4.69) is 10.3 Å². The molecule has 2 heterocycles. The zero-order valence-electron chi connectivity index (χ0n) is 18.2. The Kier molecular flexibility index (Phi) is 6.65. The van der Waals surface area contributed by atoms with Crippen molar-refractivity contribution in [3.63, 3.8) is 0 Å². The lowest BCUT2D eigenvalue weighted by molar-refractivity contribution is -0.137. The number of benzene rings is 2. The largest absolute Gasteiger partial charge is 0.416 e. The minimum Gasteiger partial charge on any atom is -0.325 e. The van der Waals surface area contributed by atoms with Crippen molar-refractivity contribution in [2.75, 3.05) is 27.5 Å². The van der Waals surface area contributed by atoms with E-state index in [1.165, 1.54) is 4.90 Å². The molecule has 2 atom stereocenters. The van der Waals surface area contributed by atoms with E-state index < -0.39 is 33.7 Å². The average molecular weight is 532 g/mol. The van der Waals surface area contributed by atoms with E-state index in [0.29, 0.717) is 5.69 Å². The number of aryl methyl sites for hydroxylation is 2. The molecule has 34 heavy (non-hydrogen) atoms. The van der Waals surface area contributed by atoms with Gasteiger partial charge in [0.15, 0.2) is 15.0 Å². The van der Waals surface area contributed by atoms with Gasteiger partial charge in [-0.05, 0) is 43.2 Å². The van der Waals surface area contributed by atoms with E-state index in [1.807, 2.05) is 32.0 Å². The van der Waals surface area contributed by atoms with E-state index in [1.54, 1.807) is 0 Å². The van der Waals surface area contributed by atoms with Gasteiger partial charge in [0.05, 0.1) is 45.6 Å². The van der Waals surface area contributed by atoms with Gasteiger partial charge in [0.2, 0.25) is 5.91 Å². The lowest BCUT2D eigenvalue weighted by Crippen LogP contribution is -2.39. The third-order valence-corrected chi connectivity index (χ3v) is 8.70. The number of aliphatic imine (C=N–C) groups is 1. The highest BCUT2D eigenvalue weighted by Gasteiger charge is 2.48. The van der Waals surface area contributed by atoms with E-state index in [9.17, 15) is 26.4 Å². The van der Waals surface area contributed by atoms with E-state index in [0.717, 1.165) is 41.1 Å². The molecule has 2 aliphatic heterocycles. The SMILES string of the molecule is Cc1cccc(C)c1NC(=O)CSC1=N[C@H]2CS(=O)(=O)C[C@@H]2N1c1cc(C(F)(F)F)ccc1Cl. The number of rotatable bonds is 4. The van der Waals surface area contributed by atoms with Crippen molar-refractivity contribution in [2.45, 2.75) is 32.1 Å². The minimum atomic E-state index is -4.60. The number of nitrogens with zero attached hydrogens (tertiary/aromatic N) is 2. The smallest absolute Gasteiger partial charge is 0.325 e. The second kappa shape index (κ2) is 9.09. The number of fused-ring (bicyclic) bond motifs is 1. The van der Waals surface area contributed by atoms with E-state index >= 15 is 0 Å². The fourth-order valence-corrected chi connectivity index (χ4v) is 7.07. The molecule has 2 aromatic carbocycles. The monoisotopic (exact) mass is 531 g/mol. The van der Waals surface area contributed by atoms with Crippen LogP contribution in [0.3, 0.4) is 0 Å². The van der Waals surface area contributed by atoms with Gasteiger partial charge in [0.1, 0.15) is 0 Å². The second-order valence-electron chi connectivity index (χ2n) is 8.26. The number of amides is 1. The van der Waals surface area contributed by atoms with Crippen molar-refractivity contribution < 1.29 is 26.4 Å². The van der Waals surface area contributed by atoms with Crippen LogP contribution < -0.4 is 10.2 Å². The number of amidine groups is 1. The van der Waals surface area contributed by atoms with Crippen LogP contribution in [0, 0.1) is 13.8 Å². The van der Waals surface area contributed by atoms with Gasteiger partial charge in [-0.15, -0.1) is 0 Å². The number of anilines is 2. The molecule has 1 N–H and O–H groups in total. The molecule has 2 aromatic rings. The summed E-state index contributed by atoms with van der Waals surface area (Å²) in [5, 5.41) is 3.16. The Labute approximate surface area is 204 Å². The molecule has 0 spiro atoms. The number of alkyl halides is 3. The minimum absolute atomic E-state index is 0.0162. The number of nitrogens with one attached hydrogen (secondary N) is 1. The number of carbonyl (C=O) groups is 1. The van der Waals surface area contributed by atoms with Gasteiger partial charge in [0.25, 0.3) is 0 Å². The van der Waals surface area contributed by atoms with E-state index in [-0.39, 0.29) is 39.0 Å². The summed E-state index contributed by atoms with van der Waals surface area (Å²) in [7, 11) is -3.41. The van der Waals surface area contributed by atoms with Crippen molar-refractivity contribution in [3.05, 3.63) is 58.1 Å². The third kappa shape index (κ3) is 5.06. The molecule has 182 valence electrons. The summed E-state index contributed by atoms with van der Waals surface area (Å²) in [6.07, 6.45) is -4.60. The van der Waals surface area contributed by atoms with Gasteiger partial charge in [-0.25, -0.2) is 8.42 Å². The number of sulfone groups is 1. The first-order valence-corrected chi connectivity index (χ1v) is 13.5. The van der Waals surface area contributed by atoms with Crippen LogP contribution in [-0.4, -0.2) is 48.8 Å². The maximum Gasteiger partial charge on any atom is 0.416 e. The molecule has 1 amide bonds. The number of halogens is 4. The van der Waals surface area contributed by atoms with Crippen LogP contribution in [0.15, 0.2) is 41.4 Å².